The van der Waals surface area contributed by atoms with Crippen LogP contribution in [0.2, 0.25) is 0 Å². The zero-order valence-corrected chi connectivity index (χ0v) is 6.59. The lowest BCUT2D eigenvalue weighted by Crippen LogP contribution is -2.04. The highest BCUT2D eigenvalue weighted by Crippen LogP contribution is 2.13. The third-order valence-corrected chi connectivity index (χ3v) is 1.13. The Labute approximate surface area is 68.1 Å². The fraction of sp³-hybridized carbons (Fsp3) is 0.333. The van der Waals surface area contributed by atoms with Gasteiger partial charge in [-0.3, -0.25) is 4.79 Å². The molecule has 0 N–H and O–H groups in total. The number of carbonyl (C=O) groups excluding carboxylic acids is 1. The van der Waals surface area contributed by atoms with Crippen molar-refractivity contribution in [1.29, 1.82) is 0 Å². The number of nitrogens with zero attached hydrogens (tertiary/aromatic N) is 1. The highest BCUT2D eigenvalue weighted by atomic mass is 35.5. The summed E-state index contributed by atoms with van der Waals surface area (Å²) in [5.74, 6) is 0.305. The molecule has 0 atom stereocenters. The van der Waals surface area contributed by atoms with E-state index in [2.05, 4.69) is 9.68 Å². The van der Waals surface area contributed by atoms with Crippen molar-refractivity contribution in [3.63, 3.8) is 0 Å². The maximum atomic E-state index is 10.2. The highest BCUT2D eigenvalue weighted by molar-refractivity contribution is 6.63. The van der Waals surface area contributed by atoms with Crippen LogP contribution >= 0.6 is 11.6 Å². The summed E-state index contributed by atoms with van der Waals surface area (Å²) in [6.45, 7) is 1.57. The molecule has 0 aliphatic carbocycles. The monoisotopic (exact) mass is 175 g/mol. The van der Waals surface area contributed by atoms with E-state index >= 15 is 0 Å². The molecular weight excluding hydrogens is 170 g/mol. The molecule has 0 aliphatic rings. The van der Waals surface area contributed by atoms with Gasteiger partial charge < -0.3 is 9.26 Å². The Morgan fingerprint density at radius 1 is 1.91 bits per heavy atom. The Hall–Kier alpha value is -1.03. The number of ether oxygens (including phenoxy) is 1. The van der Waals surface area contributed by atoms with Gasteiger partial charge in [-0.2, -0.15) is 0 Å². The van der Waals surface area contributed by atoms with E-state index in [0.717, 1.165) is 5.56 Å². The molecule has 0 saturated carbocycles. The van der Waals surface area contributed by atoms with Crippen LogP contribution in [0, 0.1) is 6.92 Å². The van der Waals surface area contributed by atoms with Crippen molar-refractivity contribution in [2.75, 3.05) is 6.61 Å². The third-order valence-electron chi connectivity index (χ3n) is 1.02. The van der Waals surface area contributed by atoms with Crippen LogP contribution in [0.1, 0.15) is 5.56 Å². The Morgan fingerprint density at radius 3 is 3.09 bits per heavy atom. The zero-order valence-electron chi connectivity index (χ0n) is 5.83. The molecule has 0 aromatic carbocycles. The molecule has 0 unspecified atom stereocenters. The van der Waals surface area contributed by atoms with Crippen LogP contribution in [-0.4, -0.2) is 17.0 Å². The van der Waals surface area contributed by atoms with Crippen LogP contribution in [0.15, 0.2) is 10.8 Å². The average Bonchev–Trinajstić information content (AvgIpc) is 2.31. The maximum absolute atomic E-state index is 10.2. The van der Waals surface area contributed by atoms with Crippen molar-refractivity contribution in [1.82, 2.24) is 5.16 Å². The smallest absolute Gasteiger partial charge is 0.259 e. The van der Waals surface area contributed by atoms with Crippen molar-refractivity contribution in [2.45, 2.75) is 6.92 Å². The van der Waals surface area contributed by atoms with Gasteiger partial charge in [-0.1, -0.05) is 0 Å². The van der Waals surface area contributed by atoms with Crippen LogP contribution < -0.4 is 4.74 Å². The summed E-state index contributed by atoms with van der Waals surface area (Å²) in [6, 6.07) is 0. The second-order valence-corrected chi connectivity index (χ2v) is 2.37. The standard InChI is InChI=1S/C6H6ClNO3/c1-4-2-11-8-6(4)10-3-5(7)9/h2H,3H2,1H3. The summed E-state index contributed by atoms with van der Waals surface area (Å²) in [4.78, 5) is 10.2. The number of rotatable bonds is 3. The minimum atomic E-state index is -0.563. The predicted octanol–water partition coefficient (Wildman–Crippen LogP) is 1.13. The van der Waals surface area contributed by atoms with Gasteiger partial charge in [0, 0.05) is 0 Å². The van der Waals surface area contributed by atoms with E-state index in [4.69, 9.17) is 16.3 Å². The summed E-state index contributed by atoms with van der Waals surface area (Å²) < 4.78 is 9.40. The molecule has 1 rings (SSSR count). The molecule has 60 valence electrons. The fourth-order valence-corrected chi connectivity index (χ4v) is 0.596. The van der Waals surface area contributed by atoms with Gasteiger partial charge in [0.15, 0.2) is 6.61 Å². The van der Waals surface area contributed by atoms with Crippen LogP contribution in [0.5, 0.6) is 5.88 Å². The minimum Gasteiger partial charge on any atom is -0.466 e. The molecule has 1 heterocycles. The molecule has 0 radical (unpaired) electrons. The minimum absolute atomic E-state index is 0.186. The molecule has 0 fully saturated rings. The summed E-state index contributed by atoms with van der Waals surface area (Å²) in [7, 11) is 0. The van der Waals surface area contributed by atoms with Crippen molar-refractivity contribution < 1.29 is 14.1 Å². The van der Waals surface area contributed by atoms with Crippen molar-refractivity contribution in [2.24, 2.45) is 0 Å². The largest absolute Gasteiger partial charge is 0.466 e. The average molecular weight is 176 g/mol. The second kappa shape index (κ2) is 3.39. The summed E-state index contributed by atoms with van der Waals surface area (Å²) >= 11 is 5.02. The third kappa shape index (κ3) is 2.23. The van der Waals surface area contributed by atoms with Crippen LogP contribution in [0.3, 0.4) is 0 Å². The van der Waals surface area contributed by atoms with Gasteiger partial charge in [0.2, 0.25) is 0 Å². The summed E-state index contributed by atoms with van der Waals surface area (Å²) in [5, 5.41) is 2.92. The van der Waals surface area contributed by atoms with Gasteiger partial charge in [0.1, 0.15) is 6.26 Å². The SMILES string of the molecule is Cc1conc1OCC(=O)Cl. The van der Waals surface area contributed by atoms with E-state index in [1.807, 2.05) is 0 Å². The van der Waals surface area contributed by atoms with E-state index in [9.17, 15) is 4.79 Å². The molecule has 0 amide bonds. The van der Waals surface area contributed by atoms with Crippen LogP contribution in [0.25, 0.3) is 0 Å². The number of hydrogen-bond acceptors (Lipinski definition) is 4. The lowest BCUT2D eigenvalue weighted by atomic mass is 10.4. The lowest BCUT2D eigenvalue weighted by molar-refractivity contribution is -0.113. The first-order valence-electron chi connectivity index (χ1n) is 2.92. The topological polar surface area (TPSA) is 52.3 Å². The molecular formula is C6H6ClNO3. The molecule has 0 aliphatic heterocycles. The van der Waals surface area contributed by atoms with Gasteiger partial charge in [0.25, 0.3) is 11.1 Å². The summed E-state index contributed by atoms with van der Waals surface area (Å²) in [5.41, 5.74) is 0.739. The van der Waals surface area contributed by atoms with Gasteiger partial charge >= 0.3 is 0 Å². The maximum Gasteiger partial charge on any atom is 0.259 e. The number of halogens is 1. The van der Waals surface area contributed by atoms with E-state index in [1.165, 1.54) is 6.26 Å². The Morgan fingerprint density at radius 2 is 2.64 bits per heavy atom. The van der Waals surface area contributed by atoms with Crippen molar-refractivity contribution in [3.05, 3.63) is 11.8 Å². The summed E-state index contributed by atoms with van der Waals surface area (Å²) in [6.07, 6.45) is 1.42. The number of carbonyl (C=O) groups is 1. The van der Waals surface area contributed by atoms with Crippen molar-refractivity contribution >= 4 is 16.8 Å². The van der Waals surface area contributed by atoms with Crippen LogP contribution in [0.4, 0.5) is 0 Å². The van der Waals surface area contributed by atoms with E-state index in [0.29, 0.717) is 5.88 Å². The van der Waals surface area contributed by atoms with Gasteiger partial charge in [0.05, 0.1) is 5.56 Å². The van der Waals surface area contributed by atoms with E-state index in [1.54, 1.807) is 6.92 Å². The molecule has 5 heteroatoms. The number of hydrogen-bond donors (Lipinski definition) is 0. The molecule has 0 bridgehead atoms. The molecule has 1 aromatic heterocycles. The number of aryl methyl sites for hydroxylation is 1. The van der Waals surface area contributed by atoms with E-state index in [-0.39, 0.29) is 6.61 Å². The molecule has 11 heavy (non-hydrogen) atoms. The highest BCUT2D eigenvalue weighted by Gasteiger charge is 2.05. The molecule has 4 nitrogen and oxygen atoms in total. The quantitative estimate of drug-likeness (QED) is 0.647. The molecule has 0 saturated heterocycles. The first-order valence-corrected chi connectivity index (χ1v) is 3.30. The van der Waals surface area contributed by atoms with Gasteiger partial charge in [-0.15, -0.1) is 0 Å². The molecule has 1 aromatic rings. The van der Waals surface area contributed by atoms with E-state index < -0.39 is 5.24 Å². The Balaban J connectivity index is 2.51. The number of aromatic nitrogens is 1. The fourth-order valence-electron chi connectivity index (χ4n) is 0.541. The Bertz CT molecular complexity index is 258. The lowest BCUT2D eigenvalue weighted by Gasteiger charge is -1.96. The zero-order chi connectivity index (χ0) is 8.27. The Kier molecular flexibility index (Phi) is 2.48. The normalized spacial score (nSPS) is 9.64. The van der Waals surface area contributed by atoms with Gasteiger partial charge in [-0.25, -0.2) is 0 Å². The second-order valence-electron chi connectivity index (χ2n) is 1.95. The first kappa shape index (κ1) is 8.07. The predicted molar refractivity (Wildman–Crippen MR) is 37.6 cm³/mol. The molecule has 0 spiro atoms. The van der Waals surface area contributed by atoms with Crippen molar-refractivity contribution in [3.8, 4) is 5.88 Å². The van der Waals surface area contributed by atoms with Crippen LogP contribution in [-0.2, 0) is 4.79 Å². The van der Waals surface area contributed by atoms with Gasteiger partial charge in [-0.05, 0) is 23.7 Å². The first-order chi connectivity index (χ1) is 5.20.